The van der Waals surface area contributed by atoms with Crippen molar-refractivity contribution in [3.05, 3.63) is 46.0 Å². The Balaban J connectivity index is 2.62. The van der Waals surface area contributed by atoms with Crippen molar-refractivity contribution in [2.24, 2.45) is 0 Å². The molecule has 0 aromatic heterocycles. The minimum Gasteiger partial charge on any atom is -0.398 e. The molecule has 0 bridgehead atoms. The van der Waals surface area contributed by atoms with Crippen LogP contribution in [0.2, 0.25) is 0 Å². The average Bonchev–Trinajstić information content (AvgIpc) is 2.35. The Labute approximate surface area is 115 Å². The number of benzene rings is 3. The van der Waals surface area contributed by atoms with Crippen molar-refractivity contribution in [3.63, 3.8) is 0 Å². The summed E-state index contributed by atoms with van der Waals surface area (Å²) in [6.45, 7) is 0. The van der Waals surface area contributed by atoms with Gasteiger partial charge in [0.05, 0.1) is 0 Å². The third-order valence-corrected chi connectivity index (χ3v) is 4.33. The van der Waals surface area contributed by atoms with Crippen molar-refractivity contribution in [1.82, 2.24) is 0 Å². The summed E-state index contributed by atoms with van der Waals surface area (Å²) in [5.41, 5.74) is 8.18. The smallest absolute Gasteiger partial charge is 0.142 e. The summed E-state index contributed by atoms with van der Waals surface area (Å²) in [5, 5.41) is 5.08. The first-order chi connectivity index (χ1) is 8.18. The molecule has 0 saturated carbocycles. The number of hydrogen-bond acceptors (Lipinski definition) is 1. The lowest BCUT2D eigenvalue weighted by Gasteiger charge is -2.10. The van der Waals surface area contributed by atoms with E-state index in [1.165, 1.54) is 21.5 Å². The van der Waals surface area contributed by atoms with E-state index in [1.807, 2.05) is 0 Å². The van der Waals surface area contributed by atoms with Gasteiger partial charge in [0.15, 0.2) is 0 Å². The quantitative estimate of drug-likeness (QED) is 0.291. The summed E-state index contributed by atoms with van der Waals surface area (Å²) in [5.74, 6) is 0. The molecule has 0 aliphatic rings. The van der Waals surface area contributed by atoms with Crippen LogP contribution in [0.3, 0.4) is 0 Å². The van der Waals surface area contributed by atoms with Crippen LogP contribution >= 0.6 is 22.6 Å². The monoisotopic (exact) mass is 331 g/mol. The second-order valence-electron chi connectivity index (χ2n) is 4.31. The van der Waals surface area contributed by atoms with E-state index in [9.17, 15) is 0 Å². The summed E-state index contributed by atoms with van der Waals surface area (Å²) in [6.07, 6.45) is 0. The van der Waals surface area contributed by atoms with Crippen LogP contribution in [0.15, 0.2) is 42.5 Å². The molecule has 0 amide bonds. The highest BCUT2D eigenvalue weighted by atomic mass is 127. The maximum Gasteiger partial charge on any atom is 0.142 e. The van der Waals surface area contributed by atoms with Crippen molar-refractivity contribution in [2.45, 2.75) is 0 Å². The fourth-order valence-electron chi connectivity index (χ4n) is 2.27. The van der Waals surface area contributed by atoms with E-state index in [2.05, 4.69) is 72.9 Å². The fraction of sp³-hybridized carbons (Fsp3) is 0. The Bertz CT molecular complexity index is 737. The Hall–Kier alpha value is -1.23. The van der Waals surface area contributed by atoms with Crippen molar-refractivity contribution in [3.8, 4) is 0 Å². The molecule has 82 valence electrons. The number of hydrogen-bond donors (Lipinski definition) is 1. The van der Waals surface area contributed by atoms with Crippen molar-refractivity contribution in [1.29, 1.82) is 0 Å². The van der Waals surface area contributed by atoms with Crippen molar-refractivity contribution in [2.75, 3.05) is 5.73 Å². The van der Waals surface area contributed by atoms with Crippen LogP contribution < -0.4 is 11.2 Å². The SMILES string of the molecule is Bc1cc2ccc3ccccc3c2c(I)c1N. The lowest BCUT2D eigenvalue weighted by atomic mass is 9.90. The second kappa shape index (κ2) is 3.91. The van der Waals surface area contributed by atoms with Gasteiger partial charge in [-0.3, -0.25) is 0 Å². The molecule has 1 nitrogen and oxygen atoms in total. The topological polar surface area (TPSA) is 26.0 Å². The number of nitrogen functional groups attached to an aromatic ring is 1. The predicted molar refractivity (Wildman–Crippen MR) is 86.8 cm³/mol. The van der Waals surface area contributed by atoms with E-state index in [-0.39, 0.29) is 0 Å². The zero-order valence-corrected chi connectivity index (χ0v) is 11.7. The van der Waals surface area contributed by atoms with Crippen LogP contribution in [0.4, 0.5) is 5.69 Å². The molecule has 3 aromatic carbocycles. The van der Waals surface area contributed by atoms with Gasteiger partial charge >= 0.3 is 0 Å². The van der Waals surface area contributed by atoms with Crippen molar-refractivity contribution < 1.29 is 0 Å². The Kier molecular flexibility index (Phi) is 2.51. The van der Waals surface area contributed by atoms with E-state index in [1.54, 1.807) is 0 Å². The molecule has 3 rings (SSSR count). The molecule has 0 saturated heterocycles. The summed E-state index contributed by atoms with van der Waals surface area (Å²) < 4.78 is 1.16. The van der Waals surface area contributed by atoms with Gasteiger partial charge in [-0.2, -0.15) is 0 Å². The Morgan fingerprint density at radius 3 is 2.53 bits per heavy atom. The molecule has 3 aromatic rings. The van der Waals surface area contributed by atoms with Gasteiger partial charge in [0, 0.05) is 14.6 Å². The zero-order valence-electron chi connectivity index (χ0n) is 9.50. The van der Waals surface area contributed by atoms with Crippen LogP contribution in [0.1, 0.15) is 0 Å². The lowest BCUT2D eigenvalue weighted by molar-refractivity contribution is 1.74. The average molecular weight is 331 g/mol. The van der Waals surface area contributed by atoms with Gasteiger partial charge < -0.3 is 5.73 Å². The molecule has 0 atom stereocenters. The van der Waals surface area contributed by atoms with Gasteiger partial charge in [-0.15, -0.1) is 0 Å². The standard InChI is InChI=1S/C14H11BIN/c15-11-7-9-6-5-8-3-1-2-4-10(8)12(9)13(16)14(11)17/h1-7H,15,17H2. The first-order valence-electron chi connectivity index (χ1n) is 5.54. The van der Waals surface area contributed by atoms with Crippen LogP contribution in [-0.2, 0) is 0 Å². The minimum absolute atomic E-state index is 0.898. The third kappa shape index (κ3) is 1.60. The van der Waals surface area contributed by atoms with Gasteiger partial charge in [-0.05, 0) is 38.7 Å². The van der Waals surface area contributed by atoms with Gasteiger partial charge in [0.25, 0.3) is 0 Å². The molecule has 0 radical (unpaired) electrons. The molecule has 0 spiro atoms. The number of halogens is 1. The van der Waals surface area contributed by atoms with E-state index in [0.717, 1.165) is 14.7 Å². The molecule has 0 aliphatic heterocycles. The summed E-state index contributed by atoms with van der Waals surface area (Å²) >= 11 is 2.35. The molecule has 0 fully saturated rings. The van der Waals surface area contributed by atoms with Crippen LogP contribution in [-0.4, -0.2) is 7.85 Å². The van der Waals surface area contributed by atoms with Gasteiger partial charge in [0.1, 0.15) is 7.85 Å². The maximum absolute atomic E-state index is 6.13. The summed E-state index contributed by atoms with van der Waals surface area (Å²) in [6, 6.07) is 15.0. The zero-order chi connectivity index (χ0) is 12.0. The second-order valence-corrected chi connectivity index (χ2v) is 5.38. The number of anilines is 1. The maximum atomic E-state index is 6.13. The highest BCUT2D eigenvalue weighted by molar-refractivity contribution is 14.1. The predicted octanol–water partition coefficient (Wildman–Crippen LogP) is 2.44. The van der Waals surface area contributed by atoms with Gasteiger partial charge in [0.2, 0.25) is 0 Å². The van der Waals surface area contributed by atoms with E-state index in [4.69, 9.17) is 5.73 Å². The number of rotatable bonds is 0. The third-order valence-electron chi connectivity index (χ3n) is 3.21. The highest BCUT2D eigenvalue weighted by Gasteiger charge is 2.08. The molecule has 0 unspecified atom stereocenters. The van der Waals surface area contributed by atoms with Crippen LogP contribution in [0.25, 0.3) is 21.5 Å². The molecule has 0 aliphatic carbocycles. The largest absolute Gasteiger partial charge is 0.398 e. The summed E-state index contributed by atoms with van der Waals surface area (Å²) in [4.78, 5) is 0. The Morgan fingerprint density at radius 2 is 1.71 bits per heavy atom. The number of fused-ring (bicyclic) bond motifs is 3. The lowest BCUT2D eigenvalue weighted by Crippen LogP contribution is -2.11. The van der Waals surface area contributed by atoms with Crippen LogP contribution in [0, 0.1) is 3.57 Å². The van der Waals surface area contributed by atoms with E-state index < -0.39 is 0 Å². The van der Waals surface area contributed by atoms with Gasteiger partial charge in [-0.1, -0.05) is 47.9 Å². The van der Waals surface area contributed by atoms with Crippen LogP contribution in [0.5, 0.6) is 0 Å². The highest BCUT2D eigenvalue weighted by Crippen LogP contribution is 2.31. The number of nitrogens with two attached hydrogens (primary N) is 1. The molecule has 2 N–H and O–H groups in total. The molecule has 17 heavy (non-hydrogen) atoms. The van der Waals surface area contributed by atoms with Gasteiger partial charge in [-0.25, -0.2) is 0 Å². The fourth-order valence-corrected chi connectivity index (χ4v) is 3.30. The first-order valence-corrected chi connectivity index (χ1v) is 6.62. The molecular formula is C14H11BIN. The molecule has 0 heterocycles. The summed E-state index contributed by atoms with van der Waals surface area (Å²) in [7, 11) is 2.06. The Morgan fingerprint density at radius 1 is 1.00 bits per heavy atom. The van der Waals surface area contributed by atoms with E-state index >= 15 is 0 Å². The molecule has 3 heteroatoms. The van der Waals surface area contributed by atoms with Crippen molar-refractivity contribution >= 4 is 63.1 Å². The minimum atomic E-state index is 0.898. The normalized spacial score (nSPS) is 11.1. The van der Waals surface area contributed by atoms with E-state index in [0.29, 0.717) is 0 Å². The molecular weight excluding hydrogens is 320 g/mol. The first kappa shape index (κ1) is 10.9.